The first kappa shape index (κ1) is 27.3. The number of rotatable bonds is 6. The summed E-state index contributed by atoms with van der Waals surface area (Å²) in [7, 11) is 1.82. The van der Waals surface area contributed by atoms with E-state index < -0.39 is 0 Å². The van der Waals surface area contributed by atoms with E-state index in [1.807, 2.05) is 57.8 Å². The number of aryl methyl sites for hydroxylation is 1. The maximum atomic E-state index is 13.0. The van der Waals surface area contributed by atoms with Crippen LogP contribution in [0.5, 0.6) is 0 Å². The van der Waals surface area contributed by atoms with Gasteiger partial charge in [0.25, 0.3) is 5.91 Å². The van der Waals surface area contributed by atoms with E-state index in [2.05, 4.69) is 32.0 Å². The monoisotopic (exact) mass is 511 g/mol. The van der Waals surface area contributed by atoms with Crippen molar-refractivity contribution in [1.82, 2.24) is 30.6 Å². The number of halogens is 1. The molecule has 1 aliphatic heterocycles. The van der Waals surface area contributed by atoms with Crippen molar-refractivity contribution in [3.63, 3.8) is 0 Å². The lowest BCUT2D eigenvalue weighted by Crippen LogP contribution is -2.50. The fraction of sp³-hybridized carbons (Fsp3) is 0.423. The number of benzene rings is 1. The Morgan fingerprint density at radius 3 is 2.67 bits per heavy atom. The summed E-state index contributed by atoms with van der Waals surface area (Å²) in [4.78, 5) is 31.7. The van der Waals surface area contributed by atoms with Gasteiger partial charge in [0.05, 0.1) is 29.7 Å². The molecule has 9 nitrogen and oxygen atoms in total. The highest BCUT2D eigenvalue weighted by Crippen LogP contribution is 2.33. The molecule has 0 saturated carbocycles. The third kappa shape index (κ3) is 5.74. The van der Waals surface area contributed by atoms with Crippen molar-refractivity contribution in [3.8, 4) is 11.1 Å². The average molecular weight is 512 g/mol. The van der Waals surface area contributed by atoms with Gasteiger partial charge in [0.1, 0.15) is 0 Å². The van der Waals surface area contributed by atoms with Crippen molar-refractivity contribution in [2.75, 3.05) is 18.5 Å². The van der Waals surface area contributed by atoms with E-state index in [4.69, 9.17) is 0 Å². The summed E-state index contributed by atoms with van der Waals surface area (Å²) in [6, 6.07) is 7.89. The van der Waals surface area contributed by atoms with Crippen molar-refractivity contribution in [2.45, 2.75) is 58.7 Å². The van der Waals surface area contributed by atoms with Crippen LogP contribution in [0.4, 0.5) is 5.69 Å². The zero-order chi connectivity index (χ0) is 25.2. The molecule has 1 aromatic carbocycles. The Morgan fingerprint density at radius 2 is 2.00 bits per heavy atom. The molecule has 0 aliphatic carbocycles. The van der Waals surface area contributed by atoms with Gasteiger partial charge in [0.2, 0.25) is 5.91 Å². The van der Waals surface area contributed by atoms with Crippen LogP contribution < -0.4 is 15.5 Å². The first-order valence-corrected chi connectivity index (χ1v) is 11.9. The molecule has 36 heavy (non-hydrogen) atoms. The van der Waals surface area contributed by atoms with E-state index in [1.165, 1.54) is 0 Å². The van der Waals surface area contributed by atoms with Crippen LogP contribution in [0.2, 0.25) is 0 Å². The van der Waals surface area contributed by atoms with Crippen LogP contribution in [-0.4, -0.2) is 51.4 Å². The van der Waals surface area contributed by atoms with Gasteiger partial charge in [0, 0.05) is 24.8 Å². The molecule has 0 spiro atoms. The van der Waals surface area contributed by atoms with Crippen LogP contribution in [0, 0.1) is 6.92 Å². The zero-order valence-corrected chi connectivity index (χ0v) is 22.2. The molecule has 1 aliphatic rings. The van der Waals surface area contributed by atoms with E-state index >= 15 is 0 Å². The van der Waals surface area contributed by atoms with Crippen LogP contribution in [0.3, 0.4) is 0 Å². The van der Waals surface area contributed by atoms with Crippen molar-refractivity contribution < 1.29 is 9.59 Å². The quantitative estimate of drug-likeness (QED) is 0.525. The minimum absolute atomic E-state index is 0. The van der Waals surface area contributed by atoms with Gasteiger partial charge in [0.15, 0.2) is 5.69 Å². The Labute approximate surface area is 218 Å². The van der Waals surface area contributed by atoms with Gasteiger partial charge >= 0.3 is 0 Å². The highest BCUT2D eigenvalue weighted by Gasteiger charge is 2.30. The molecule has 2 N–H and O–H groups in total. The maximum Gasteiger partial charge on any atom is 0.273 e. The van der Waals surface area contributed by atoms with Crippen LogP contribution in [0.15, 0.2) is 42.9 Å². The molecule has 2 aromatic heterocycles. The molecule has 2 amide bonds. The molecule has 192 valence electrons. The average Bonchev–Trinajstić information content (AvgIpc) is 3.35. The summed E-state index contributed by atoms with van der Waals surface area (Å²) in [6.07, 6.45) is 6.95. The standard InChI is InChI=1S/C26H33N7O2.ClH/c1-17-13-18(20-10-11-28-15-23(20)32-12-6-7-21(27-5)25(32)35)8-9-19(17)14-29-24(34)22-16-33(31-30-22)26(2,3)4;/h8-11,13,15-16,21,27H,6-7,12,14H2,1-5H3,(H,29,34);1H. The predicted octanol–water partition coefficient (Wildman–Crippen LogP) is 3.47. The third-order valence-corrected chi connectivity index (χ3v) is 6.38. The minimum atomic E-state index is -0.261. The van der Waals surface area contributed by atoms with Crippen LogP contribution in [-0.2, 0) is 16.9 Å². The van der Waals surface area contributed by atoms with Crippen molar-refractivity contribution in [3.05, 3.63) is 59.7 Å². The molecule has 1 atom stereocenters. The number of aromatic nitrogens is 4. The molecular weight excluding hydrogens is 478 g/mol. The first-order valence-electron chi connectivity index (χ1n) is 11.9. The smallest absolute Gasteiger partial charge is 0.273 e. The van der Waals surface area contributed by atoms with Crippen LogP contribution in [0.25, 0.3) is 11.1 Å². The number of pyridine rings is 1. The Balaban J connectivity index is 0.00000361. The van der Waals surface area contributed by atoms with Crippen molar-refractivity contribution in [1.29, 1.82) is 0 Å². The first-order chi connectivity index (χ1) is 16.7. The number of nitrogens with zero attached hydrogens (tertiary/aromatic N) is 5. The van der Waals surface area contributed by atoms with E-state index in [0.717, 1.165) is 40.8 Å². The number of likely N-dealkylation sites (N-methyl/N-ethyl adjacent to an activating group) is 1. The van der Waals surface area contributed by atoms with Crippen LogP contribution >= 0.6 is 12.4 Å². The lowest BCUT2D eigenvalue weighted by molar-refractivity contribution is -0.121. The predicted molar refractivity (Wildman–Crippen MR) is 142 cm³/mol. The van der Waals surface area contributed by atoms with E-state index in [9.17, 15) is 9.59 Å². The largest absolute Gasteiger partial charge is 0.347 e. The summed E-state index contributed by atoms with van der Waals surface area (Å²) in [5.74, 6) is -0.185. The van der Waals surface area contributed by atoms with E-state index in [1.54, 1.807) is 23.3 Å². The Hall–Kier alpha value is -3.30. The summed E-state index contributed by atoms with van der Waals surface area (Å²) in [5.41, 5.74) is 4.88. The maximum absolute atomic E-state index is 13.0. The van der Waals surface area contributed by atoms with E-state index in [-0.39, 0.29) is 35.8 Å². The molecule has 1 saturated heterocycles. The lowest BCUT2D eigenvalue weighted by atomic mass is 9.97. The summed E-state index contributed by atoms with van der Waals surface area (Å²) in [6.45, 7) is 9.09. The zero-order valence-electron chi connectivity index (χ0n) is 21.4. The van der Waals surface area contributed by atoms with E-state index in [0.29, 0.717) is 18.8 Å². The molecule has 3 heterocycles. The number of anilines is 1. The van der Waals surface area contributed by atoms with Crippen molar-refractivity contribution in [2.24, 2.45) is 0 Å². The van der Waals surface area contributed by atoms with Gasteiger partial charge in [-0.15, -0.1) is 17.5 Å². The number of amides is 2. The van der Waals surface area contributed by atoms with Gasteiger partial charge in [-0.05, 0) is 70.3 Å². The molecular formula is C26H34ClN7O2. The van der Waals surface area contributed by atoms with Gasteiger partial charge in [-0.3, -0.25) is 14.6 Å². The van der Waals surface area contributed by atoms with Gasteiger partial charge in [-0.25, -0.2) is 4.68 Å². The third-order valence-electron chi connectivity index (χ3n) is 6.38. The second-order valence-corrected chi connectivity index (χ2v) is 9.91. The summed E-state index contributed by atoms with van der Waals surface area (Å²) >= 11 is 0. The second-order valence-electron chi connectivity index (χ2n) is 9.91. The van der Waals surface area contributed by atoms with Gasteiger partial charge < -0.3 is 15.5 Å². The van der Waals surface area contributed by atoms with Gasteiger partial charge in [-0.2, -0.15) is 0 Å². The number of carbonyl (C=O) groups excluding carboxylic acids is 2. The number of piperidine rings is 1. The van der Waals surface area contributed by atoms with Gasteiger partial charge in [-0.1, -0.05) is 23.4 Å². The molecule has 0 bridgehead atoms. The summed E-state index contributed by atoms with van der Waals surface area (Å²) < 4.78 is 1.68. The number of nitrogens with one attached hydrogen (secondary N) is 2. The minimum Gasteiger partial charge on any atom is -0.347 e. The number of hydrogen-bond acceptors (Lipinski definition) is 6. The Kier molecular flexibility index (Phi) is 8.47. The Morgan fingerprint density at radius 1 is 1.22 bits per heavy atom. The molecule has 10 heteroatoms. The normalized spacial score (nSPS) is 16.0. The molecule has 1 fully saturated rings. The molecule has 3 aromatic rings. The Bertz CT molecular complexity index is 1240. The molecule has 0 radical (unpaired) electrons. The molecule has 1 unspecified atom stereocenters. The topological polar surface area (TPSA) is 105 Å². The highest BCUT2D eigenvalue weighted by atomic mass is 35.5. The SMILES string of the molecule is CNC1CCCN(c2cnccc2-c2ccc(CNC(=O)c3cn(C(C)(C)C)nn3)c(C)c2)C1=O.Cl. The lowest BCUT2D eigenvalue weighted by Gasteiger charge is -2.33. The van der Waals surface area contributed by atoms with Crippen molar-refractivity contribution >= 4 is 29.9 Å². The summed E-state index contributed by atoms with van der Waals surface area (Å²) in [5, 5.41) is 14.1. The fourth-order valence-corrected chi connectivity index (χ4v) is 4.25. The number of hydrogen-bond donors (Lipinski definition) is 2. The van der Waals surface area contributed by atoms with Crippen LogP contribution in [0.1, 0.15) is 55.2 Å². The second kappa shape index (κ2) is 11.2. The fourth-order valence-electron chi connectivity index (χ4n) is 4.25. The highest BCUT2D eigenvalue weighted by molar-refractivity contribution is 6.01. The number of carbonyl (C=O) groups is 2. The molecule has 4 rings (SSSR count).